The summed E-state index contributed by atoms with van der Waals surface area (Å²) in [5.74, 6) is 1.07. The van der Waals surface area contributed by atoms with Crippen molar-refractivity contribution in [2.24, 2.45) is 0 Å². The third kappa shape index (κ3) is 3.36. The molecule has 0 saturated carbocycles. The van der Waals surface area contributed by atoms with E-state index < -0.39 is 0 Å². The molecule has 0 unspecified atom stereocenters. The molecule has 0 aliphatic carbocycles. The number of aliphatic hydroxyl groups is 1. The first kappa shape index (κ1) is 11.7. The van der Waals surface area contributed by atoms with Crippen LogP contribution in [0.25, 0.3) is 0 Å². The molecule has 3 N–H and O–H groups in total. The molecule has 0 fully saturated rings. The molecule has 1 heterocycles. The van der Waals surface area contributed by atoms with Gasteiger partial charge in [0.25, 0.3) is 0 Å². The molecule has 0 aliphatic rings. The van der Waals surface area contributed by atoms with Gasteiger partial charge in [0.2, 0.25) is 5.95 Å². The van der Waals surface area contributed by atoms with Gasteiger partial charge in [-0.05, 0) is 13.3 Å². The number of aliphatic hydroxyl groups excluding tert-OH is 1. The topological polar surface area (TPSA) is 75.3 Å². The normalized spacial score (nSPS) is 10.3. The Bertz CT molecular complexity index is 290. The van der Waals surface area contributed by atoms with Crippen LogP contribution in [0.2, 0.25) is 0 Å². The Labute approximate surface area is 90.0 Å². The third-order valence-corrected chi connectivity index (χ3v) is 2.05. The molecule has 5 nitrogen and oxygen atoms in total. The molecule has 0 atom stereocenters. The molecule has 0 aliphatic heterocycles. The molecule has 84 valence electrons. The lowest BCUT2D eigenvalue weighted by molar-refractivity contribution is 0.301. The van der Waals surface area contributed by atoms with Gasteiger partial charge in [-0.3, -0.25) is 0 Å². The van der Waals surface area contributed by atoms with Crippen molar-refractivity contribution in [1.82, 2.24) is 9.97 Å². The van der Waals surface area contributed by atoms with Gasteiger partial charge < -0.3 is 15.7 Å². The maximum absolute atomic E-state index is 8.95. The van der Waals surface area contributed by atoms with E-state index in [1.54, 1.807) is 0 Å². The van der Waals surface area contributed by atoms with Crippen LogP contribution < -0.4 is 10.6 Å². The Morgan fingerprint density at radius 3 is 2.67 bits per heavy atom. The number of nitrogens with two attached hydrogens (primary N) is 1. The van der Waals surface area contributed by atoms with Gasteiger partial charge in [-0.15, -0.1) is 0 Å². The monoisotopic (exact) mass is 210 g/mol. The van der Waals surface area contributed by atoms with E-state index >= 15 is 0 Å². The number of aryl methyl sites for hydroxylation is 1. The predicted octanol–water partition coefficient (Wildman–Crippen LogP) is 0.576. The minimum Gasteiger partial charge on any atom is -0.395 e. The van der Waals surface area contributed by atoms with Gasteiger partial charge in [0, 0.05) is 24.8 Å². The molecule has 0 saturated heterocycles. The van der Waals surface area contributed by atoms with Crippen molar-refractivity contribution in [3.05, 3.63) is 11.8 Å². The van der Waals surface area contributed by atoms with Crippen LogP contribution in [0, 0.1) is 6.92 Å². The zero-order valence-corrected chi connectivity index (χ0v) is 9.27. The Balaban J connectivity index is 2.88. The van der Waals surface area contributed by atoms with Crippen LogP contribution in [-0.4, -0.2) is 34.8 Å². The molecule has 1 rings (SSSR count). The first-order valence-electron chi connectivity index (χ1n) is 5.14. The van der Waals surface area contributed by atoms with Gasteiger partial charge in [0.15, 0.2) is 0 Å². The maximum Gasteiger partial charge on any atom is 0.222 e. The Morgan fingerprint density at radius 1 is 1.40 bits per heavy atom. The number of anilines is 2. The van der Waals surface area contributed by atoms with Gasteiger partial charge in [-0.2, -0.15) is 4.98 Å². The zero-order valence-electron chi connectivity index (χ0n) is 9.27. The summed E-state index contributed by atoms with van der Waals surface area (Å²) in [5, 5.41) is 8.95. The number of rotatable bonds is 5. The molecular weight excluding hydrogens is 192 g/mol. The van der Waals surface area contributed by atoms with Crippen molar-refractivity contribution >= 4 is 11.8 Å². The first-order valence-corrected chi connectivity index (χ1v) is 5.14. The van der Waals surface area contributed by atoms with Crippen LogP contribution in [-0.2, 0) is 0 Å². The second-order valence-corrected chi connectivity index (χ2v) is 3.44. The number of hydrogen-bond acceptors (Lipinski definition) is 5. The summed E-state index contributed by atoms with van der Waals surface area (Å²) in [4.78, 5) is 10.2. The Morgan fingerprint density at radius 2 is 2.13 bits per heavy atom. The second-order valence-electron chi connectivity index (χ2n) is 3.44. The molecule has 15 heavy (non-hydrogen) atoms. The molecule has 0 amide bonds. The standard InChI is InChI=1S/C10H18N4O/c1-3-4-14(5-6-15)9-7-8(2)12-10(11)13-9/h7,15H,3-6H2,1-2H3,(H2,11,12,13). The summed E-state index contributed by atoms with van der Waals surface area (Å²) in [5.41, 5.74) is 6.42. The van der Waals surface area contributed by atoms with Crippen molar-refractivity contribution in [1.29, 1.82) is 0 Å². The molecule has 1 aromatic heterocycles. The van der Waals surface area contributed by atoms with E-state index in [2.05, 4.69) is 16.9 Å². The number of nitrogen functional groups attached to an aromatic ring is 1. The highest BCUT2D eigenvalue weighted by Crippen LogP contribution is 2.13. The lowest BCUT2D eigenvalue weighted by Crippen LogP contribution is -2.28. The zero-order chi connectivity index (χ0) is 11.3. The molecule has 1 aromatic rings. The quantitative estimate of drug-likeness (QED) is 0.743. The molecule has 0 radical (unpaired) electrons. The fourth-order valence-electron chi connectivity index (χ4n) is 1.47. The number of aromatic nitrogens is 2. The highest BCUT2D eigenvalue weighted by atomic mass is 16.3. The average Bonchev–Trinajstić information content (AvgIpc) is 2.16. The van der Waals surface area contributed by atoms with E-state index in [0.29, 0.717) is 6.54 Å². The minimum atomic E-state index is 0.114. The van der Waals surface area contributed by atoms with Gasteiger partial charge in [-0.1, -0.05) is 6.92 Å². The summed E-state index contributed by atoms with van der Waals surface area (Å²) in [7, 11) is 0. The van der Waals surface area contributed by atoms with Crippen LogP contribution in [0.5, 0.6) is 0 Å². The summed E-state index contributed by atoms with van der Waals surface area (Å²) in [6, 6.07) is 1.88. The predicted molar refractivity (Wildman–Crippen MR) is 60.8 cm³/mol. The summed E-state index contributed by atoms with van der Waals surface area (Å²) >= 11 is 0. The highest BCUT2D eigenvalue weighted by Gasteiger charge is 2.07. The lowest BCUT2D eigenvalue weighted by atomic mass is 10.3. The van der Waals surface area contributed by atoms with Crippen LogP contribution >= 0.6 is 0 Å². The minimum absolute atomic E-state index is 0.114. The van der Waals surface area contributed by atoms with Crippen molar-refractivity contribution < 1.29 is 5.11 Å². The van der Waals surface area contributed by atoms with E-state index in [0.717, 1.165) is 24.5 Å². The first-order chi connectivity index (χ1) is 7.17. The van der Waals surface area contributed by atoms with Crippen molar-refractivity contribution in [3.8, 4) is 0 Å². The van der Waals surface area contributed by atoms with Crippen LogP contribution in [0.15, 0.2) is 6.07 Å². The van der Waals surface area contributed by atoms with Crippen molar-refractivity contribution in [2.45, 2.75) is 20.3 Å². The van der Waals surface area contributed by atoms with Crippen LogP contribution in [0.3, 0.4) is 0 Å². The van der Waals surface area contributed by atoms with E-state index in [4.69, 9.17) is 10.8 Å². The van der Waals surface area contributed by atoms with Crippen molar-refractivity contribution in [3.63, 3.8) is 0 Å². The number of hydrogen-bond donors (Lipinski definition) is 2. The second kappa shape index (κ2) is 5.50. The smallest absolute Gasteiger partial charge is 0.222 e. The molecular formula is C10H18N4O. The van der Waals surface area contributed by atoms with Crippen LogP contribution in [0.1, 0.15) is 19.0 Å². The number of nitrogens with zero attached hydrogens (tertiary/aromatic N) is 3. The average molecular weight is 210 g/mol. The lowest BCUT2D eigenvalue weighted by Gasteiger charge is -2.22. The van der Waals surface area contributed by atoms with Gasteiger partial charge in [-0.25, -0.2) is 4.98 Å². The molecule has 0 aromatic carbocycles. The third-order valence-electron chi connectivity index (χ3n) is 2.05. The van der Waals surface area contributed by atoms with Gasteiger partial charge >= 0.3 is 0 Å². The van der Waals surface area contributed by atoms with Crippen LogP contribution in [0.4, 0.5) is 11.8 Å². The fraction of sp³-hybridized carbons (Fsp3) is 0.600. The Kier molecular flexibility index (Phi) is 4.30. The van der Waals surface area contributed by atoms with Crippen molar-refractivity contribution in [2.75, 3.05) is 30.3 Å². The molecule has 0 bridgehead atoms. The fourth-order valence-corrected chi connectivity index (χ4v) is 1.47. The largest absolute Gasteiger partial charge is 0.395 e. The van der Waals surface area contributed by atoms with E-state index in [1.165, 1.54) is 0 Å². The van der Waals surface area contributed by atoms with E-state index in [-0.39, 0.29) is 12.6 Å². The highest BCUT2D eigenvalue weighted by molar-refractivity contribution is 5.43. The summed E-state index contributed by atoms with van der Waals surface area (Å²) in [6.07, 6.45) is 1.00. The molecule has 5 heteroatoms. The van der Waals surface area contributed by atoms with E-state index in [9.17, 15) is 0 Å². The van der Waals surface area contributed by atoms with Gasteiger partial charge in [0.05, 0.1) is 6.61 Å². The summed E-state index contributed by atoms with van der Waals surface area (Å²) in [6.45, 7) is 5.51. The van der Waals surface area contributed by atoms with Gasteiger partial charge in [0.1, 0.15) is 5.82 Å². The maximum atomic E-state index is 8.95. The van der Waals surface area contributed by atoms with E-state index in [1.807, 2.05) is 17.9 Å². The Hall–Kier alpha value is -1.36. The SMILES string of the molecule is CCCN(CCO)c1cc(C)nc(N)n1. The molecule has 0 spiro atoms. The summed E-state index contributed by atoms with van der Waals surface area (Å²) < 4.78 is 0.